The molecular weight excluding hydrogens is 1460 g/mol. The molecule has 6 aromatic rings. The molecule has 4 aliphatic carbocycles. The van der Waals surface area contributed by atoms with Crippen molar-refractivity contribution in [2.45, 2.75) is 262 Å². The zero-order valence-electron chi connectivity index (χ0n) is 64.4. The zero-order valence-corrected chi connectivity index (χ0v) is 71.3. The van der Waals surface area contributed by atoms with Crippen LogP contribution in [-0.2, 0) is 113 Å². The first kappa shape index (κ1) is 86.4. The number of carbonyl (C=O) groups is 4. The fraction of sp³-hybridized carbons (Fsp3) is 0.524. The third kappa shape index (κ3) is 23.1. The molecule has 4 aliphatic heterocycles. The molecule has 4 saturated carbocycles. The Morgan fingerprint density at radius 2 is 0.567 bits per heavy atom. The smallest absolute Gasteiger partial charge is 1.00 e. The van der Waals surface area contributed by atoms with Crippen LogP contribution in [0.1, 0.15) is 209 Å². The first-order chi connectivity index (χ1) is 47.2. The van der Waals surface area contributed by atoms with Gasteiger partial charge in [0.05, 0.1) is 33.6 Å². The zero-order chi connectivity index (χ0) is 75.0. The van der Waals surface area contributed by atoms with Crippen LogP contribution in [-0.4, -0.2) is 85.7 Å². The number of ether oxygens (including phenoxy) is 4. The Labute approximate surface area is 659 Å². The van der Waals surface area contributed by atoms with Gasteiger partial charge < -0.3 is 45.0 Å². The minimum absolute atomic E-state index is 0. The Morgan fingerprint density at radius 3 is 0.750 bits per heavy atom. The molecule has 14 rings (SSSR count). The average Bonchev–Trinajstić information content (AvgIpc) is 1.47. The standard InChI is InChI=1S/2C30H39S.2C12H16O7S.BrH.Na/c2*1-28(2,3)22-10-16-25(17-11-22)31(26-18-12-23(13-19-26)29(4,5)6)27-20-14-24(15-21-27)30(7,8)9;2*13-10(5-20(15,16)17)19-11-7-1-6-2-8(4-7)12(14)18-9(11)3-6;;/h2*10-21H,1-9H3;2*6-9,11H,1-5H2,(H,15,16,17);1H;/q2*+1;;;;+1/p-3. The van der Waals surface area contributed by atoms with E-state index in [9.17, 15) is 45.1 Å². The fourth-order valence-electron chi connectivity index (χ4n) is 14.9. The van der Waals surface area contributed by atoms with Gasteiger partial charge in [-0.1, -0.05) is 197 Å². The molecule has 10 unspecified atom stereocenters. The normalized spacial score (nSPS) is 22.8. The van der Waals surface area contributed by atoms with Crippen LogP contribution in [0, 0.1) is 35.5 Å². The van der Waals surface area contributed by atoms with Crippen LogP contribution in [0.25, 0.3) is 0 Å². The third-order valence-electron chi connectivity index (χ3n) is 20.5. The van der Waals surface area contributed by atoms with Gasteiger partial charge in [-0.2, -0.15) is 0 Å². The van der Waals surface area contributed by atoms with Crippen molar-refractivity contribution in [3.8, 4) is 0 Å². The maximum absolute atomic E-state index is 11.8. The van der Waals surface area contributed by atoms with Gasteiger partial charge in [0.15, 0.2) is 29.4 Å². The van der Waals surface area contributed by atoms with E-state index < -0.39 is 68.1 Å². The molecule has 0 radical (unpaired) electrons. The van der Waals surface area contributed by atoms with Gasteiger partial charge in [-0.3, -0.25) is 19.2 Å². The minimum atomic E-state index is -4.65. The molecule has 0 aromatic heterocycles. The number of fused-ring (bicyclic) bond motifs is 2. The summed E-state index contributed by atoms with van der Waals surface area (Å²) in [6, 6.07) is 55.7. The molecule has 14 nitrogen and oxygen atoms in total. The summed E-state index contributed by atoms with van der Waals surface area (Å²) in [6.07, 6.45) is 3.60. The average molecular weight is 1570 g/mol. The molecule has 4 saturated heterocycles. The maximum atomic E-state index is 11.8. The van der Waals surface area contributed by atoms with Crippen LogP contribution in [0.3, 0.4) is 0 Å². The number of rotatable bonds is 12. The number of esters is 4. The summed E-state index contributed by atoms with van der Waals surface area (Å²) >= 11 is 0. The van der Waals surface area contributed by atoms with Gasteiger partial charge in [0, 0.05) is 11.8 Å². The van der Waals surface area contributed by atoms with Crippen molar-refractivity contribution in [1.29, 1.82) is 0 Å². The van der Waals surface area contributed by atoms with E-state index in [0.717, 1.165) is 25.7 Å². The summed E-state index contributed by atoms with van der Waals surface area (Å²) < 4.78 is 84.3. The van der Waals surface area contributed by atoms with E-state index in [1.165, 1.54) is 62.8 Å². The third-order valence-corrected chi connectivity index (χ3v) is 26.2. The Hall–Kier alpha value is -4.80. The molecule has 4 heterocycles. The van der Waals surface area contributed by atoms with E-state index in [4.69, 9.17) is 18.9 Å². The first-order valence-corrected chi connectivity index (χ1v) is 41.6. The van der Waals surface area contributed by atoms with Crippen molar-refractivity contribution in [1.82, 2.24) is 0 Å². The number of carbonyl (C=O) groups excluding carboxylic acids is 4. The van der Waals surface area contributed by atoms with Gasteiger partial charge in [-0.05, 0) is 202 Å². The largest absolute Gasteiger partial charge is 1.00 e. The Kier molecular flexibility index (Phi) is 28.3. The van der Waals surface area contributed by atoms with Gasteiger partial charge in [-0.15, -0.1) is 0 Å². The predicted octanol–water partition coefficient (Wildman–Crippen LogP) is 11.0. The molecule has 8 fully saturated rings. The SMILES string of the molecule is CC(C)(C)c1ccc([S+](c2ccc(C(C)(C)C)cc2)c2ccc(C(C)(C)C)cc2)cc1.CC(C)(C)c1ccc([S+](c2ccc(C(C)(C)C)cc2)c2ccc(C(C)(C)C)cc2)cc1.O=C(CS(=O)(=O)[O-])OC1C2CC3CC(C2)C(=O)OC1C3.O=C(CS(=O)(=O)[O-])OC1C2CC3CC(C2)C(=O)OC1C3.[Br-].[Na+]. The van der Waals surface area contributed by atoms with Crippen LogP contribution in [0.4, 0.5) is 0 Å². The van der Waals surface area contributed by atoms with Crippen LogP contribution < -0.4 is 46.5 Å². The molecule has 0 N–H and O–H groups in total. The maximum Gasteiger partial charge on any atom is 1.00 e. The molecular formula is C84H108BrNaO14S4. The van der Waals surface area contributed by atoms with Gasteiger partial charge in [0.2, 0.25) is 0 Å². The van der Waals surface area contributed by atoms with Gasteiger partial charge in [0.25, 0.3) is 0 Å². The molecule has 20 heteroatoms. The van der Waals surface area contributed by atoms with Gasteiger partial charge in [0.1, 0.15) is 56.2 Å². The Balaban J connectivity index is 0.000000196. The molecule has 0 spiro atoms. The van der Waals surface area contributed by atoms with E-state index in [1.54, 1.807) is 0 Å². The van der Waals surface area contributed by atoms with Crippen molar-refractivity contribution in [3.63, 3.8) is 0 Å². The van der Waals surface area contributed by atoms with Crippen LogP contribution >= 0.6 is 0 Å². The molecule has 104 heavy (non-hydrogen) atoms. The quantitative estimate of drug-likeness (QED) is 0.0366. The summed E-state index contributed by atoms with van der Waals surface area (Å²) in [6.45, 7) is 41.0. The van der Waals surface area contributed by atoms with E-state index in [0.29, 0.717) is 37.5 Å². The van der Waals surface area contributed by atoms with Gasteiger partial charge in [-0.25, -0.2) is 16.8 Å². The molecule has 8 bridgehead atoms. The van der Waals surface area contributed by atoms with Crippen LogP contribution in [0.15, 0.2) is 175 Å². The molecule has 560 valence electrons. The summed E-state index contributed by atoms with van der Waals surface area (Å²) in [5.74, 6) is -4.44. The van der Waals surface area contributed by atoms with Crippen LogP contribution in [0.2, 0.25) is 0 Å². The summed E-state index contributed by atoms with van der Waals surface area (Å²) in [7, 11) is -9.54. The number of hydrogen-bond donors (Lipinski definition) is 0. The van der Waals surface area contributed by atoms with Crippen molar-refractivity contribution >= 4 is 65.9 Å². The summed E-state index contributed by atoms with van der Waals surface area (Å²) in [5, 5.41) is 0. The first-order valence-electron chi connectivity index (χ1n) is 36.0. The Morgan fingerprint density at radius 1 is 0.365 bits per heavy atom. The monoisotopic (exact) mass is 1570 g/mol. The molecule has 8 aliphatic rings. The van der Waals surface area contributed by atoms with E-state index in [2.05, 4.69) is 270 Å². The second kappa shape index (κ2) is 34.0. The summed E-state index contributed by atoms with van der Waals surface area (Å²) in [4.78, 5) is 54.9. The number of halogens is 1. The Bertz CT molecular complexity index is 3600. The van der Waals surface area contributed by atoms with Crippen LogP contribution in [0.5, 0.6) is 0 Å². The number of benzene rings is 6. The molecule has 10 atom stereocenters. The molecule has 0 amide bonds. The van der Waals surface area contributed by atoms with E-state index in [-0.39, 0.29) is 136 Å². The molecule has 6 aromatic carbocycles. The van der Waals surface area contributed by atoms with Gasteiger partial charge >= 0.3 is 53.4 Å². The topological polar surface area (TPSA) is 220 Å². The summed E-state index contributed by atoms with van der Waals surface area (Å²) in [5.41, 5.74) is 9.28. The van der Waals surface area contributed by atoms with Crippen molar-refractivity contribution in [2.75, 3.05) is 11.5 Å². The second-order valence-electron chi connectivity index (χ2n) is 35.1. The van der Waals surface area contributed by atoms with E-state index in [1.807, 2.05) is 0 Å². The predicted molar refractivity (Wildman–Crippen MR) is 402 cm³/mol. The number of hydrogen-bond acceptors (Lipinski definition) is 14. The van der Waals surface area contributed by atoms with Crippen molar-refractivity contribution < 1.29 is 111 Å². The van der Waals surface area contributed by atoms with Crippen molar-refractivity contribution in [3.05, 3.63) is 179 Å². The second-order valence-corrected chi connectivity index (χ2v) is 41.9. The minimum Gasteiger partial charge on any atom is -1.00 e. The van der Waals surface area contributed by atoms with Crippen molar-refractivity contribution in [2.24, 2.45) is 35.5 Å². The fourth-order valence-corrected chi connectivity index (χ4v) is 19.7. The van der Waals surface area contributed by atoms with E-state index >= 15 is 0 Å².